The van der Waals surface area contributed by atoms with Gasteiger partial charge < -0.3 is 14.8 Å². The summed E-state index contributed by atoms with van der Waals surface area (Å²) >= 11 is 0. The first-order valence-electron chi connectivity index (χ1n) is 8.97. The molecule has 0 unspecified atom stereocenters. The fourth-order valence-corrected chi connectivity index (χ4v) is 2.76. The zero-order chi connectivity index (χ0) is 19.4. The van der Waals surface area contributed by atoms with Crippen LogP contribution in [-0.2, 0) is 0 Å². The molecule has 3 rings (SSSR count). The van der Waals surface area contributed by atoms with E-state index in [4.69, 9.17) is 0 Å². The van der Waals surface area contributed by atoms with Crippen molar-refractivity contribution in [3.8, 4) is 11.4 Å². The van der Waals surface area contributed by atoms with Crippen molar-refractivity contribution in [2.24, 2.45) is 0 Å². The quantitative estimate of drug-likeness (QED) is 0.729. The maximum Gasteiger partial charge on any atom is 0.254 e. The van der Waals surface area contributed by atoms with Gasteiger partial charge in [0.2, 0.25) is 0 Å². The molecule has 0 spiro atoms. The Hall–Kier alpha value is -3.15. The Morgan fingerprint density at radius 2 is 1.67 bits per heavy atom. The molecule has 0 saturated carbocycles. The van der Waals surface area contributed by atoms with Crippen molar-refractivity contribution in [2.75, 3.05) is 37.0 Å². The molecule has 140 valence electrons. The Balaban J connectivity index is 1.67. The molecular weight excluding hydrogens is 338 g/mol. The number of nitrogens with zero attached hydrogens (tertiary/aromatic N) is 4. The lowest BCUT2D eigenvalue weighted by molar-refractivity contribution is 0.822. The first-order chi connectivity index (χ1) is 13.0. The van der Waals surface area contributed by atoms with Crippen LogP contribution < -0.4 is 15.4 Å². The molecule has 1 aromatic carbocycles. The molecule has 0 aliphatic carbocycles. The van der Waals surface area contributed by atoms with Crippen LogP contribution in [0.15, 0.2) is 53.5 Å². The fourth-order valence-electron chi connectivity index (χ4n) is 2.76. The molecule has 0 aliphatic rings. The molecule has 3 aromatic rings. The number of H-pyrrole nitrogens is 1. The van der Waals surface area contributed by atoms with Gasteiger partial charge in [0.1, 0.15) is 11.6 Å². The van der Waals surface area contributed by atoms with Gasteiger partial charge in [-0.2, -0.15) is 0 Å². The third-order valence-electron chi connectivity index (χ3n) is 4.77. The van der Waals surface area contributed by atoms with Crippen molar-refractivity contribution in [2.45, 2.75) is 13.8 Å². The lowest BCUT2D eigenvalue weighted by atomic mass is 10.2. The van der Waals surface area contributed by atoms with Gasteiger partial charge in [0.25, 0.3) is 5.56 Å². The van der Waals surface area contributed by atoms with E-state index in [9.17, 15) is 4.79 Å². The summed E-state index contributed by atoms with van der Waals surface area (Å²) in [6, 6.07) is 14.2. The van der Waals surface area contributed by atoms with Crippen LogP contribution in [0.4, 0.5) is 11.5 Å². The van der Waals surface area contributed by atoms with Crippen LogP contribution in [0.3, 0.4) is 0 Å². The molecule has 0 bridgehead atoms. The summed E-state index contributed by atoms with van der Waals surface area (Å²) in [6.45, 7) is 5.34. The van der Waals surface area contributed by atoms with Crippen molar-refractivity contribution in [1.29, 1.82) is 0 Å². The lowest BCUT2D eigenvalue weighted by Gasteiger charge is -2.24. The summed E-state index contributed by atoms with van der Waals surface area (Å²) in [5.74, 6) is 1.43. The summed E-state index contributed by atoms with van der Waals surface area (Å²) in [5.41, 5.74) is 3.26. The highest BCUT2D eigenvalue weighted by Crippen LogP contribution is 2.17. The van der Waals surface area contributed by atoms with Gasteiger partial charge in [-0.1, -0.05) is 18.2 Å². The second-order valence-electron chi connectivity index (χ2n) is 6.71. The van der Waals surface area contributed by atoms with Crippen molar-refractivity contribution in [1.82, 2.24) is 15.0 Å². The third-order valence-corrected chi connectivity index (χ3v) is 4.77. The van der Waals surface area contributed by atoms with Crippen molar-refractivity contribution in [3.63, 3.8) is 0 Å². The van der Waals surface area contributed by atoms with E-state index in [1.165, 1.54) is 5.69 Å². The lowest BCUT2D eigenvalue weighted by Crippen LogP contribution is -2.31. The fraction of sp³-hybridized carbons (Fsp3) is 0.286. The zero-order valence-electron chi connectivity index (χ0n) is 16.2. The van der Waals surface area contributed by atoms with Crippen LogP contribution in [0.1, 0.15) is 11.3 Å². The van der Waals surface area contributed by atoms with E-state index >= 15 is 0 Å². The second kappa shape index (κ2) is 8.03. The van der Waals surface area contributed by atoms with E-state index < -0.39 is 0 Å². The molecule has 0 atom stereocenters. The highest BCUT2D eigenvalue weighted by Gasteiger charge is 2.09. The number of rotatable bonds is 6. The van der Waals surface area contributed by atoms with Crippen LogP contribution in [0, 0.1) is 13.8 Å². The number of para-hydroxylation sites is 1. The minimum atomic E-state index is -0.109. The molecule has 6 nitrogen and oxygen atoms in total. The highest BCUT2D eigenvalue weighted by molar-refractivity contribution is 5.56. The maximum absolute atomic E-state index is 11.9. The SMILES string of the molecule is Cc1nc(-c2ccc(N(C)CCN(C)c3ccccc3)nc2)[nH]c(=O)c1C. The smallest absolute Gasteiger partial charge is 0.254 e. The average Bonchev–Trinajstić information content (AvgIpc) is 2.70. The van der Waals surface area contributed by atoms with Crippen LogP contribution in [0.5, 0.6) is 0 Å². The number of benzene rings is 1. The standard InChI is InChI=1S/C21H25N5O/c1-15-16(2)23-20(24-21(15)27)17-10-11-19(22-14-17)26(4)13-12-25(3)18-8-6-5-7-9-18/h5-11,14H,12-13H2,1-4H3,(H,23,24,27). The van der Waals surface area contributed by atoms with Gasteiger partial charge in [0.15, 0.2) is 0 Å². The summed E-state index contributed by atoms with van der Waals surface area (Å²) in [5, 5.41) is 0. The average molecular weight is 363 g/mol. The van der Waals surface area contributed by atoms with E-state index in [2.05, 4.69) is 43.9 Å². The van der Waals surface area contributed by atoms with Crippen LogP contribution in [-0.4, -0.2) is 42.1 Å². The molecule has 2 heterocycles. The molecular formula is C21H25N5O. The predicted molar refractivity (Wildman–Crippen MR) is 111 cm³/mol. The predicted octanol–water partition coefficient (Wildman–Crippen LogP) is 3.02. The van der Waals surface area contributed by atoms with E-state index in [1.54, 1.807) is 13.1 Å². The first kappa shape index (κ1) is 18.6. The van der Waals surface area contributed by atoms with E-state index in [-0.39, 0.29) is 5.56 Å². The van der Waals surface area contributed by atoms with Crippen molar-refractivity contribution >= 4 is 11.5 Å². The summed E-state index contributed by atoms with van der Waals surface area (Å²) in [6.07, 6.45) is 1.75. The number of hydrogen-bond acceptors (Lipinski definition) is 5. The Labute approximate surface area is 159 Å². The monoisotopic (exact) mass is 363 g/mol. The summed E-state index contributed by atoms with van der Waals surface area (Å²) in [7, 11) is 4.11. The topological polar surface area (TPSA) is 65.1 Å². The van der Waals surface area contributed by atoms with Gasteiger partial charge in [-0.3, -0.25) is 4.79 Å². The zero-order valence-corrected chi connectivity index (χ0v) is 16.2. The molecule has 0 saturated heterocycles. The van der Waals surface area contributed by atoms with Crippen LogP contribution in [0.25, 0.3) is 11.4 Å². The molecule has 2 aromatic heterocycles. The number of hydrogen-bond donors (Lipinski definition) is 1. The molecule has 0 radical (unpaired) electrons. The Morgan fingerprint density at radius 1 is 0.963 bits per heavy atom. The minimum absolute atomic E-state index is 0.109. The van der Waals surface area contributed by atoms with Gasteiger partial charge in [0.05, 0.1) is 0 Å². The molecule has 6 heteroatoms. The minimum Gasteiger partial charge on any atom is -0.373 e. The van der Waals surface area contributed by atoms with Gasteiger partial charge >= 0.3 is 0 Å². The first-order valence-corrected chi connectivity index (χ1v) is 8.97. The number of nitrogens with one attached hydrogen (secondary N) is 1. The van der Waals surface area contributed by atoms with E-state index in [0.717, 1.165) is 30.2 Å². The molecule has 0 fully saturated rings. The van der Waals surface area contributed by atoms with Crippen LogP contribution in [0.2, 0.25) is 0 Å². The van der Waals surface area contributed by atoms with Gasteiger partial charge in [-0.05, 0) is 38.1 Å². The third kappa shape index (κ3) is 4.34. The van der Waals surface area contributed by atoms with Crippen molar-refractivity contribution in [3.05, 3.63) is 70.3 Å². The number of aryl methyl sites for hydroxylation is 1. The Morgan fingerprint density at radius 3 is 2.30 bits per heavy atom. The van der Waals surface area contributed by atoms with Crippen molar-refractivity contribution < 1.29 is 0 Å². The Kier molecular flexibility index (Phi) is 5.54. The number of aromatic nitrogens is 3. The van der Waals surface area contributed by atoms with Gasteiger partial charge in [-0.15, -0.1) is 0 Å². The van der Waals surface area contributed by atoms with E-state index in [1.807, 2.05) is 44.3 Å². The maximum atomic E-state index is 11.9. The Bertz CT molecular complexity index is 951. The summed E-state index contributed by atoms with van der Waals surface area (Å²) in [4.78, 5) is 28.1. The van der Waals surface area contributed by atoms with E-state index in [0.29, 0.717) is 11.4 Å². The largest absolute Gasteiger partial charge is 0.373 e. The number of aromatic amines is 1. The normalized spacial score (nSPS) is 10.7. The summed E-state index contributed by atoms with van der Waals surface area (Å²) < 4.78 is 0. The number of anilines is 2. The molecule has 27 heavy (non-hydrogen) atoms. The second-order valence-corrected chi connectivity index (χ2v) is 6.71. The molecule has 0 aliphatic heterocycles. The highest BCUT2D eigenvalue weighted by atomic mass is 16.1. The number of likely N-dealkylation sites (N-methyl/N-ethyl adjacent to an activating group) is 2. The number of pyridine rings is 1. The van der Waals surface area contributed by atoms with Crippen LogP contribution >= 0.6 is 0 Å². The molecule has 1 N–H and O–H groups in total. The van der Waals surface area contributed by atoms with Gasteiger partial charge in [-0.25, -0.2) is 9.97 Å². The van der Waals surface area contributed by atoms with Gasteiger partial charge in [0, 0.05) is 55.9 Å². The molecule has 0 amide bonds.